The van der Waals surface area contributed by atoms with Crippen molar-refractivity contribution in [3.63, 3.8) is 0 Å². The lowest BCUT2D eigenvalue weighted by molar-refractivity contribution is -0.143. The van der Waals surface area contributed by atoms with Crippen molar-refractivity contribution in [2.75, 3.05) is 65.9 Å². The van der Waals surface area contributed by atoms with E-state index >= 15 is 0 Å². The Balaban J connectivity index is 0. The normalized spacial score (nSPS) is 11.8. The molecule has 0 saturated heterocycles. The van der Waals surface area contributed by atoms with E-state index in [0.717, 1.165) is 0 Å². The molecule has 0 aliphatic carbocycles. The van der Waals surface area contributed by atoms with Crippen molar-refractivity contribution in [2.45, 2.75) is 72.3 Å². The van der Waals surface area contributed by atoms with Crippen LogP contribution in [-0.2, 0) is 47.7 Å². The number of carboxylic acid groups (broad SMARTS) is 2. The number of carboxylic acids is 2. The summed E-state index contributed by atoms with van der Waals surface area (Å²) in [6.45, 7) is 9.32. The van der Waals surface area contributed by atoms with Crippen LogP contribution in [-0.4, -0.2) is 118 Å². The molecule has 0 aliphatic heterocycles. The smallest absolute Gasteiger partial charge is 0.326 e. The van der Waals surface area contributed by atoms with Gasteiger partial charge in [-0.3, -0.25) is 24.0 Å². The van der Waals surface area contributed by atoms with Gasteiger partial charge in [0.15, 0.2) is 5.78 Å². The van der Waals surface area contributed by atoms with Gasteiger partial charge in [-0.2, -0.15) is 0 Å². The topological polar surface area (TPSA) is 216 Å². The second kappa shape index (κ2) is 29.0. The third-order valence-electron chi connectivity index (χ3n) is 5.29. The van der Waals surface area contributed by atoms with Gasteiger partial charge in [0.2, 0.25) is 17.7 Å². The van der Waals surface area contributed by atoms with Crippen LogP contribution in [0, 0.1) is 5.92 Å². The van der Waals surface area contributed by atoms with Crippen LogP contribution in [0.25, 0.3) is 0 Å². The monoisotopic (exact) mass is 621 g/mol. The molecule has 15 heteroatoms. The first-order valence-corrected chi connectivity index (χ1v) is 14.6. The summed E-state index contributed by atoms with van der Waals surface area (Å²) in [5.41, 5.74) is 0. The Morgan fingerprint density at radius 1 is 0.628 bits per heavy atom. The summed E-state index contributed by atoms with van der Waals surface area (Å²) >= 11 is 0. The average molecular weight is 622 g/mol. The first-order chi connectivity index (χ1) is 20.5. The van der Waals surface area contributed by atoms with Crippen molar-refractivity contribution in [1.82, 2.24) is 16.0 Å². The third-order valence-corrected chi connectivity index (χ3v) is 5.29. The fourth-order valence-electron chi connectivity index (χ4n) is 2.83. The van der Waals surface area contributed by atoms with Gasteiger partial charge < -0.3 is 45.1 Å². The summed E-state index contributed by atoms with van der Waals surface area (Å²) in [5, 5.41) is 25.6. The molecule has 0 bridgehead atoms. The van der Waals surface area contributed by atoms with Crippen molar-refractivity contribution in [3.8, 4) is 0 Å². The zero-order chi connectivity index (χ0) is 32.9. The lowest BCUT2D eigenvalue weighted by atomic mass is 10.1. The number of ether oxygens (including phenoxy) is 4. The number of Topliss-reactive ketones (excluding diaryl/α,β-unsaturated/α-hetero) is 1. The molecule has 0 aliphatic rings. The van der Waals surface area contributed by atoms with E-state index in [2.05, 4.69) is 29.8 Å². The molecule has 15 nitrogen and oxygen atoms in total. The van der Waals surface area contributed by atoms with E-state index in [1.807, 2.05) is 0 Å². The minimum absolute atomic E-state index is 0.0250. The van der Waals surface area contributed by atoms with E-state index in [1.54, 1.807) is 6.92 Å². The van der Waals surface area contributed by atoms with Crippen LogP contribution in [0.5, 0.6) is 0 Å². The highest BCUT2D eigenvalue weighted by Gasteiger charge is 2.22. The second-order valence-corrected chi connectivity index (χ2v) is 9.40. The van der Waals surface area contributed by atoms with E-state index in [4.69, 9.17) is 24.1 Å². The molecule has 43 heavy (non-hydrogen) atoms. The van der Waals surface area contributed by atoms with Crippen LogP contribution in [0.4, 0.5) is 0 Å². The van der Waals surface area contributed by atoms with Gasteiger partial charge in [-0.15, -0.1) is 0 Å². The molecule has 250 valence electrons. The van der Waals surface area contributed by atoms with E-state index in [-0.39, 0.29) is 77.0 Å². The van der Waals surface area contributed by atoms with Crippen LogP contribution in [0.1, 0.15) is 66.2 Å². The summed E-state index contributed by atoms with van der Waals surface area (Å²) in [5.74, 6) is -4.36. The van der Waals surface area contributed by atoms with Crippen molar-refractivity contribution >= 4 is 35.4 Å². The maximum atomic E-state index is 11.9. The van der Waals surface area contributed by atoms with E-state index in [0.29, 0.717) is 32.8 Å². The lowest BCUT2D eigenvalue weighted by Gasteiger charge is -2.15. The van der Waals surface area contributed by atoms with Gasteiger partial charge in [0.05, 0.1) is 45.6 Å². The largest absolute Gasteiger partial charge is 0.481 e. The zero-order valence-electron chi connectivity index (χ0n) is 25.9. The number of carbonyl (C=O) groups excluding carboxylic acids is 4. The summed E-state index contributed by atoms with van der Waals surface area (Å²) in [6, 6.07) is -1.26. The first-order valence-electron chi connectivity index (χ1n) is 14.6. The molecule has 0 saturated carbocycles. The number of amides is 3. The number of hydrogen-bond acceptors (Lipinski definition) is 10. The van der Waals surface area contributed by atoms with Gasteiger partial charge in [-0.1, -0.05) is 34.1 Å². The highest BCUT2D eigenvalue weighted by Crippen LogP contribution is 2.06. The number of carbonyl (C=O) groups is 6. The zero-order valence-corrected chi connectivity index (χ0v) is 25.9. The fraction of sp³-hybridized carbons (Fsp3) is 0.786. The molecule has 0 fully saturated rings. The Bertz CT molecular complexity index is 810. The van der Waals surface area contributed by atoms with Gasteiger partial charge >= 0.3 is 11.9 Å². The summed E-state index contributed by atoms with van der Waals surface area (Å²) in [4.78, 5) is 68.7. The molecular weight excluding hydrogens is 570 g/mol. The van der Waals surface area contributed by atoms with Gasteiger partial charge in [0, 0.05) is 32.4 Å². The van der Waals surface area contributed by atoms with Crippen LogP contribution >= 0.6 is 0 Å². The molecule has 2 unspecified atom stereocenters. The minimum Gasteiger partial charge on any atom is -0.481 e. The maximum absolute atomic E-state index is 11.9. The standard InChI is InChI=1S/C25H43N3O12.C3H8/c1-3-19(29)16-39-14-12-38-11-9-27-23(32)17-40-15-13-37-10-8-26-21(30)7-5-20(25(35)36)28-22(31)6-4-18(2)24(33)34;1-3-2/h18,20H,3-17H2,1-2H3,(H,26,30)(H,27,32)(H,28,31)(H,33,34)(H,35,36);3H2,1-2H3. The molecule has 0 heterocycles. The Hall–Kier alpha value is -3.14. The quantitative estimate of drug-likeness (QED) is 0.0836. The third kappa shape index (κ3) is 28.7. The van der Waals surface area contributed by atoms with Crippen LogP contribution in [0.3, 0.4) is 0 Å². The van der Waals surface area contributed by atoms with E-state index in [1.165, 1.54) is 13.3 Å². The molecular formula is C28H51N3O12. The molecule has 5 N–H and O–H groups in total. The average Bonchev–Trinajstić information content (AvgIpc) is 2.96. The Morgan fingerprint density at radius 2 is 1.12 bits per heavy atom. The molecule has 0 spiro atoms. The highest BCUT2D eigenvalue weighted by atomic mass is 16.5. The summed E-state index contributed by atoms with van der Waals surface area (Å²) in [6.07, 6.45) is 1.36. The molecule has 0 aromatic carbocycles. The number of rotatable bonds is 26. The fourth-order valence-corrected chi connectivity index (χ4v) is 2.83. The van der Waals surface area contributed by atoms with Crippen LogP contribution in [0.2, 0.25) is 0 Å². The molecule has 0 aromatic heterocycles. The maximum Gasteiger partial charge on any atom is 0.326 e. The Kier molecular flexibility index (Phi) is 28.3. The number of hydrogen-bond donors (Lipinski definition) is 5. The number of nitrogens with one attached hydrogen (secondary N) is 3. The molecule has 0 aromatic rings. The van der Waals surface area contributed by atoms with Gasteiger partial charge in [-0.25, -0.2) is 4.79 Å². The van der Waals surface area contributed by atoms with E-state index < -0.39 is 35.7 Å². The predicted octanol–water partition coefficient (Wildman–Crippen LogP) is 0.531. The number of aliphatic carboxylic acids is 2. The van der Waals surface area contributed by atoms with Crippen molar-refractivity contribution in [1.29, 1.82) is 0 Å². The van der Waals surface area contributed by atoms with E-state index in [9.17, 15) is 33.9 Å². The van der Waals surface area contributed by atoms with Gasteiger partial charge in [0.1, 0.15) is 19.3 Å². The van der Waals surface area contributed by atoms with Crippen LogP contribution < -0.4 is 16.0 Å². The van der Waals surface area contributed by atoms with Crippen molar-refractivity contribution < 1.29 is 57.9 Å². The molecule has 2 atom stereocenters. The Morgan fingerprint density at radius 3 is 1.63 bits per heavy atom. The first kappa shape index (κ1) is 42.0. The SMILES string of the molecule is CCC.CCC(=O)COCCOCCNC(=O)COCCOCCNC(=O)CCC(NC(=O)CCC(C)C(=O)O)C(=O)O. The molecule has 0 rings (SSSR count). The number of ketones is 1. The predicted molar refractivity (Wildman–Crippen MR) is 155 cm³/mol. The minimum atomic E-state index is -1.29. The lowest BCUT2D eigenvalue weighted by Crippen LogP contribution is -2.42. The van der Waals surface area contributed by atoms with Gasteiger partial charge in [0.25, 0.3) is 0 Å². The molecule has 0 radical (unpaired) electrons. The highest BCUT2D eigenvalue weighted by molar-refractivity contribution is 5.84. The van der Waals surface area contributed by atoms with Crippen molar-refractivity contribution in [2.24, 2.45) is 5.92 Å². The Labute approximate surface area is 253 Å². The van der Waals surface area contributed by atoms with Crippen LogP contribution in [0.15, 0.2) is 0 Å². The second-order valence-electron chi connectivity index (χ2n) is 9.40. The summed E-state index contributed by atoms with van der Waals surface area (Å²) < 4.78 is 20.9. The molecule has 3 amide bonds. The van der Waals surface area contributed by atoms with Gasteiger partial charge in [-0.05, 0) is 12.8 Å². The van der Waals surface area contributed by atoms with Crippen molar-refractivity contribution in [3.05, 3.63) is 0 Å². The summed E-state index contributed by atoms with van der Waals surface area (Å²) in [7, 11) is 0.